The van der Waals surface area contributed by atoms with E-state index in [2.05, 4.69) is 22.2 Å². The minimum absolute atomic E-state index is 0.425. The molecule has 0 aliphatic carbocycles. The fraction of sp³-hybridized carbons (Fsp3) is 0.550. The van der Waals surface area contributed by atoms with E-state index in [1.807, 2.05) is 19.9 Å². The van der Waals surface area contributed by atoms with Gasteiger partial charge in [0.2, 0.25) is 0 Å². The normalized spacial score (nSPS) is 15.2. The van der Waals surface area contributed by atoms with Crippen molar-refractivity contribution in [3.05, 3.63) is 40.8 Å². The molecule has 1 fully saturated rings. The number of hydrogen-bond acceptors (Lipinski definition) is 6. The Kier molecular flexibility index (Phi) is 6.52. The zero-order chi connectivity index (χ0) is 18.4. The molecule has 1 aromatic carbocycles. The van der Waals surface area contributed by atoms with Crippen molar-refractivity contribution in [2.45, 2.75) is 33.3 Å². The fourth-order valence-electron chi connectivity index (χ4n) is 3.18. The molecular weight excluding hydrogens is 332 g/mol. The molecule has 0 saturated carbocycles. The molecule has 2 heterocycles. The molecule has 0 amide bonds. The lowest BCUT2D eigenvalue weighted by Crippen LogP contribution is -2.36. The van der Waals surface area contributed by atoms with Gasteiger partial charge in [0, 0.05) is 13.1 Å². The molecule has 1 aliphatic rings. The Bertz CT molecular complexity index is 688. The van der Waals surface area contributed by atoms with Gasteiger partial charge < -0.3 is 18.7 Å². The topological polar surface area (TPSA) is 57.0 Å². The molecule has 2 aromatic rings. The van der Waals surface area contributed by atoms with Crippen molar-refractivity contribution >= 4 is 0 Å². The number of ether oxygens (including phenoxy) is 3. The lowest BCUT2D eigenvalue weighted by Gasteiger charge is -2.26. The Morgan fingerprint density at radius 2 is 1.96 bits per heavy atom. The van der Waals surface area contributed by atoms with Gasteiger partial charge in [0.15, 0.2) is 11.5 Å². The number of nitrogens with zero attached hydrogens (tertiary/aromatic N) is 2. The molecule has 1 aliphatic heterocycles. The largest absolute Gasteiger partial charge is 0.493 e. The van der Waals surface area contributed by atoms with E-state index in [4.69, 9.17) is 18.7 Å². The molecular formula is C20H28N2O4. The smallest absolute Gasteiger partial charge is 0.161 e. The molecule has 0 bridgehead atoms. The van der Waals surface area contributed by atoms with Crippen LogP contribution >= 0.6 is 0 Å². The van der Waals surface area contributed by atoms with Gasteiger partial charge in [-0.2, -0.15) is 0 Å². The second-order valence-electron chi connectivity index (χ2n) is 6.63. The zero-order valence-electron chi connectivity index (χ0n) is 15.9. The average molecular weight is 360 g/mol. The first-order valence-corrected chi connectivity index (χ1v) is 9.19. The number of aryl methyl sites for hydroxylation is 3. The van der Waals surface area contributed by atoms with Gasteiger partial charge in [-0.05, 0) is 50.9 Å². The first-order chi connectivity index (χ1) is 12.7. The summed E-state index contributed by atoms with van der Waals surface area (Å²) in [6.07, 6.45) is 2.15. The summed E-state index contributed by atoms with van der Waals surface area (Å²) >= 11 is 0. The van der Waals surface area contributed by atoms with Crippen LogP contribution in [0.5, 0.6) is 11.5 Å². The van der Waals surface area contributed by atoms with Crippen LogP contribution in [0.25, 0.3) is 0 Å². The van der Waals surface area contributed by atoms with Gasteiger partial charge in [-0.25, -0.2) is 0 Å². The van der Waals surface area contributed by atoms with E-state index in [-0.39, 0.29) is 0 Å². The summed E-state index contributed by atoms with van der Waals surface area (Å²) in [6.45, 7) is 9.13. The maximum atomic E-state index is 5.94. The molecule has 3 rings (SSSR count). The lowest BCUT2D eigenvalue weighted by atomic mass is 10.1. The van der Waals surface area contributed by atoms with Gasteiger partial charge in [-0.1, -0.05) is 11.2 Å². The van der Waals surface area contributed by atoms with Gasteiger partial charge >= 0.3 is 0 Å². The summed E-state index contributed by atoms with van der Waals surface area (Å²) in [7, 11) is 1.68. The third-order valence-electron chi connectivity index (χ3n) is 4.82. The molecule has 0 atom stereocenters. The Balaban J connectivity index is 1.55. The Labute approximate surface area is 155 Å². The van der Waals surface area contributed by atoms with E-state index in [1.165, 1.54) is 5.56 Å². The first-order valence-electron chi connectivity index (χ1n) is 9.19. The molecule has 0 unspecified atom stereocenters. The van der Waals surface area contributed by atoms with Gasteiger partial charge in [-0.15, -0.1) is 0 Å². The molecule has 0 spiro atoms. The number of morpholine rings is 1. The first kappa shape index (κ1) is 18.7. The van der Waals surface area contributed by atoms with E-state index in [1.54, 1.807) is 7.11 Å². The van der Waals surface area contributed by atoms with Crippen molar-refractivity contribution in [2.75, 3.05) is 40.0 Å². The van der Waals surface area contributed by atoms with Crippen molar-refractivity contribution < 1.29 is 18.7 Å². The summed E-state index contributed by atoms with van der Waals surface area (Å²) in [6, 6.07) is 6.17. The van der Waals surface area contributed by atoms with Crippen LogP contribution in [0, 0.1) is 13.8 Å². The van der Waals surface area contributed by atoms with Gasteiger partial charge in [0.05, 0.1) is 31.6 Å². The number of aromatic nitrogens is 1. The van der Waals surface area contributed by atoms with E-state index in [9.17, 15) is 0 Å². The highest BCUT2D eigenvalue weighted by Gasteiger charge is 2.13. The maximum Gasteiger partial charge on any atom is 0.161 e. The molecule has 0 radical (unpaired) electrons. The standard InChI is InChI=1S/C20H28N2O4/c1-15-18(16(2)26-21-15)14-25-19-7-6-17(13-20(19)23-3)5-4-8-22-9-11-24-12-10-22/h6-7,13H,4-5,8-12,14H2,1-3H3. The summed E-state index contributed by atoms with van der Waals surface area (Å²) in [4.78, 5) is 2.46. The van der Waals surface area contributed by atoms with Crippen molar-refractivity contribution in [3.63, 3.8) is 0 Å². The van der Waals surface area contributed by atoms with Crippen molar-refractivity contribution in [3.8, 4) is 11.5 Å². The Morgan fingerprint density at radius 1 is 1.15 bits per heavy atom. The molecule has 26 heavy (non-hydrogen) atoms. The second kappa shape index (κ2) is 9.05. The Hall–Kier alpha value is -2.05. The Morgan fingerprint density at radius 3 is 2.65 bits per heavy atom. The number of rotatable bonds is 8. The molecule has 6 heteroatoms. The van der Waals surface area contributed by atoms with Crippen LogP contribution in [-0.4, -0.2) is 50.0 Å². The van der Waals surface area contributed by atoms with Crippen molar-refractivity contribution in [1.29, 1.82) is 0 Å². The van der Waals surface area contributed by atoms with E-state index in [0.29, 0.717) is 6.61 Å². The summed E-state index contributed by atoms with van der Waals surface area (Å²) in [5.41, 5.74) is 3.11. The second-order valence-corrected chi connectivity index (χ2v) is 6.63. The fourth-order valence-corrected chi connectivity index (χ4v) is 3.18. The number of hydrogen-bond donors (Lipinski definition) is 0. The van der Waals surface area contributed by atoms with Gasteiger partial charge in [-0.3, -0.25) is 4.90 Å². The van der Waals surface area contributed by atoms with E-state index < -0.39 is 0 Å². The zero-order valence-corrected chi connectivity index (χ0v) is 15.9. The van der Waals surface area contributed by atoms with Crippen LogP contribution in [0.3, 0.4) is 0 Å². The maximum absolute atomic E-state index is 5.94. The highest BCUT2D eigenvalue weighted by Crippen LogP contribution is 2.30. The molecule has 142 valence electrons. The predicted octanol–water partition coefficient (Wildman–Crippen LogP) is 3.14. The average Bonchev–Trinajstić information content (AvgIpc) is 2.99. The minimum atomic E-state index is 0.425. The SMILES string of the molecule is COc1cc(CCCN2CCOCC2)ccc1OCc1c(C)noc1C. The van der Waals surface area contributed by atoms with Crippen LogP contribution in [0.4, 0.5) is 0 Å². The summed E-state index contributed by atoms with van der Waals surface area (Å²) in [5, 5.41) is 3.96. The number of methoxy groups -OCH3 is 1. The highest BCUT2D eigenvalue weighted by atomic mass is 16.5. The molecule has 1 saturated heterocycles. The van der Waals surface area contributed by atoms with Gasteiger partial charge in [0.1, 0.15) is 12.4 Å². The van der Waals surface area contributed by atoms with E-state index in [0.717, 1.165) is 74.2 Å². The summed E-state index contributed by atoms with van der Waals surface area (Å²) in [5.74, 6) is 2.30. The van der Waals surface area contributed by atoms with Crippen molar-refractivity contribution in [1.82, 2.24) is 10.1 Å². The van der Waals surface area contributed by atoms with Crippen LogP contribution in [0.15, 0.2) is 22.7 Å². The molecule has 1 aromatic heterocycles. The quantitative estimate of drug-likeness (QED) is 0.721. The predicted molar refractivity (Wildman–Crippen MR) is 98.9 cm³/mol. The third-order valence-corrected chi connectivity index (χ3v) is 4.82. The molecule has 6 nitrogen and oxygen atoms in total. The monoisotopic (exact) mass is 360 g/mol. The lowest BCUT2D eigenvalue weighted by molar-refractivity contribution is 0.0374. The minimum Gasteiger partial charge on any atom is -0.493 e. The van der Waals surface area contributed by atoms with Crippen LogP contribution in [0.1, 0.15) is 29.0 Å². The highest BCUT2D eigenvalue weighted by molar-refractivity contribution is 5.43. The van der Waals surface area contributed by atoms with Crippen molar-refractivity contribution in [2.24, 2.45) is 0 Å². The van der Waals surface area contributed by atoms with Gasteiger partial charge in [0.25, 0.3) is 0 Å². The van der Waals surface area contributed by atoms with E-state index >= 15 is 0 Å². The summed E-state index contributed by atoms with van der Waals surface area (Å²) < 4.78 is 22.0. The third kappa shape index (κ3) is 4.77. The van der Waals surface area contributed by atoms with Crippen LogP contribution in [0.2, 0.25) is 0 Å². The van der Waals surface area contributed by atoms with Crippen LogP contribution in [-0.2, 0) is 17.8 Å². The molecule has 0 N–H and O–H groups in total. The van der Waals surface area contributed by atoms with Crippen LogP contribution < -0.4 is 9.47 Å². The number of benzene rings is 1.